The highest BCUT2D eigenvalue weighted by atomic mass is 19.1. The molecule has 32 heavy (non-hydrogen) atoms. The fourth-order valence-corrected chi connectivity index (χ4v) is 4.37. The van der Waals surface area contributed by atoms with Gasteiger partial charge < -0.3 is 19.4 Å². The summed E-state index contributed by atoms with van der Waals surface area (Å²) >= 11 is 0. The molecule has 0 spiro atoms. The molecule has 3 atom stereocenters. The lowest BCUT2D eigenvalue weighted by molar-refractivity contribution is -0.145. The summed E-state index contributed by atoms with van der Waals surface area (Å²) in [5.74, 6) is -2.49. The number of β-lactam (4-membered cyclic amide) rings is 1. The molecule has 9 heteroatoms. The molecule has 5 rings (SSSR count). The van der Waals surface area contributed by atoms with Gasteiger partial charge in [-0.1, -0.05) is 0 Å². The van der Waals surface area contributed by atoms with Crippen LogP contribution in [0, 0.1) is 23.5 Å². The molecule has 1 aromatic heterocycles. The minimum absolute atomic E-state index is 0.0101. The normalized spacial score (nSPS) is 22.0. The van der Waals surface area contributed by atoms with E-state index in [0.29, 0.717) is 18.9 Å². The number of halogens is 3. The first kappa shape index (κ1) is 20.8. The van der Waals surface area contributed by atoms with Crippen LogP contribution >= 0.6 is 0 Å². The maximum atomic E-state index is 15.2. The topological polar surface area (TPSA) is 67.5 Å². The number of ether oxygens (including phenoxy) is 2. The van der Waals surface area contributed by atoms with Gasteiger partial charge in [0.15, 0.2) is 0 Å². The number of benzene rings is 2. The number of imidazole rings is 1. The smallest absolute Gasteiger partial charge is 0.233 e. The van der Waals surface area contributed by atoms with Gasteiger partial charge in [-0.3, -0.25) is 4.79 Å². The summed E-state index contributed by atoms with van der Waals surface area (Å²) in [7, 11) is 0. The molecule has 0 bridgehead atoms. The van der Waals surface area contributed by atoms with E-state index in [1.807, 2.05) is 0 Å². The number of carbonyl (C=O) groups excluding carboxylic acids is 1. The quantitative estimate of drug-likeness (QED) is 0.550. The van der Waals surface area contributed by atoms with Gasteiger partial charge in [0, 0.05) is 35.7 Å². The number of rotatable bonds is 7. The molecule has 2 aliphatic heterocycles. The zero-order valence-electron chi connectivity index (χ0n) is 17.4. The number of aromatic nitrogens is 2. The predicted molar refractivity (Wildman–Crippen MR) is 111 cm³/mol. The lowest BCUT2D eigenvalue weighted by Gasteiger charge is -2.52. The SMILES string of the molecule is CC(F)CCOc1cc(F)c(C2C(C3COC3)C(=O)N2c2ccc3nc[nH]c3c2)c(F)c1. The Morgan fingerprint density at radius 1 is 1.25 bits per heavy atom. The molecule has 0 radical (unpaired) electrons. The lowest BCUT2D eigenvalue weighted by Crippen LogP contribution is -2.61. The zero-order valence-corrected chi connectivity index (χ0v) is 17.4. The van der Waals surface area contributed by atoms with Gasteiger partial charge >= 0.3 is 0 Å². The number of hydrogen-bond acceptors (Lipinski definition) is 4. The van der Waals surface area contributed by atoms with E-state index in [4.69, 9.17) is 9.47 Å². The van der Waals surface area contributed by atoms with Gasteiger partial charge in [-0.05, 0) is 25.1 Å². The molecule has 1 amide bonds. The molecule has 0 saturated carbocycles. The van der Waals surface area contributed by atoms with Gasteiger partial charge in [0.05, 0.1) is 49.1 Å². The van der Waals surface area contributed by atoms with Crippen molar-refractivity contribution in [2.24, 2.45) is 11.8 Å². The van der Waals surface area contributed by atoms with Crippen LogP contribution in [0.3, 0.4) is 0 Å². The van der Waals surface area contributed by atoms with Crippen LogP contribution in [-0.2, 0) is 9.53 Å². The van der Waals surface area contributed by atoms with Crippen LogP contribution in [0.4, 0.5) is 18.9 Å². The molecule has 6 nitrogen and oxygen atoms in total. The monoisotopic (exact) mass is 445 g/mol. The first-order valence-corrected chi connectivity index (χ1v) is 10.5. The van der Waals surface area contributed by atoms with Crippen molar-refractivity contribution in [2.75, 3.05) is 24.7 Å². The number of hydrogen-bond donors (Lipinski definition) is 1. The summed E-state index contributed by atoms with van der Waals surface area (Å²) in [6.07, 6.45) is 0.590. The third-order valence-electron chi connectivity index (χ3n) is 6.13. The third kappa shape index (κ3) is 3.50. The first-order chi connectivity index (χ1) is 15.4. The number of amides is 1. The van der Waals surface area contributed by atoms with Crippen LogP contribution in [0.15, 0.2) is 36.7 Å². The van der Waals surface area contributed by atoms with Crippen molar-refractivity contribution >= 4 is 22.6 Å². The highest BCUT2D eigenvalue weighted by Gasteiger charge is 2.55. The summed E-state index contributed by atoms with van der Waals surface area (Å²) in [6.45, 7) is 2.16. The van der Waals surface area contributed by atoms with Gasteiger partial charge in [0.2, 0.25) is 5.91 Å². The number of H-pyrrole nitrogens is 1. The molecule has 2 saturated heterocycles. The Balaban J connectivity index is 1.49. The van der Waals surface area contributed by atoms with Crippen molar-refractivity contribution < 1.29 is 27.4 Å². The fourth-order valence-electron chi connectivity index (χ4n) is 4.37. The van der Waals surface area contributed by atoms with Gasteiger partial charge in [0.1, 0.15) is 23.6 Å². The van der Waals surface area contributed by atoms with Gasteiger partial charge in [-0.15, -0.1) is 0 Å². The Labute approximate surface area is 182 Å². The summed E-state index contributed by atoms with van der Waals surface area (Å²) in [6, 6.07) is 6.58. The molecule has 2 aliphatic rings. The van der Waals surface area contributed by atoms with E-state index in [-0.39, 0.29) is 36.2 Å². The Morgan fingerprint density at radius 3 is 2.66 bits per heavy atom. The minimum atomic E-state index is -1.07. The van der Waals surface area contributed by atoms with Crippen molar-refractivity contribution in [1.82, 2.24) is 9.97 Å². The third-order valence-corrected chi connectivity index (χ3v) is 6.13. The van der Waals surface area contributed by atoms with E-state index in [2.05, 4.69) is 9.97 Å². The van der Waals surface area contributed by atoms with E-state index in [9.17, 15) is 9.18 Å². The summed E-state index contributed by atoms with van der Waals surface area (Å²) in [5.41, 5.74) is 1.79. The average Bonchev–Trinajstić information content (AvgIpc) is 3.17. The molecular formula is C23H22F3N3O3. The highest BCUT2D eigenvalue weighted by molar-refractivity contribution is 6.04. The van der Waals surface area contributed by atoms with Crippen molar-refractivity contribution in [3.63, 3.8) is 0 Å². The largest absolute Gasteiger partial charge is 0.493 e. The first-order valence-electron chi connectivity index (χ1n) is 10.5. The molecule has 3 unspecified atom stereocenters. The van der Waals surface area contributed by atoms with Gasteiger partial charge in [-0.25, -0.2) is 18.2 Å². The molecule has 3 heterocycles. The predicted octanol–water partition coefficient (Wildman–Crippen LogP) is 4.32. The van der Waals surface area contributed by atoms with Crippen LogP contribution in [0.5, 0.6) is 5.75 Å². The van der Waals surface area contributed by atoms with E-state index < -0.39 is 29.8 Å². The molecule has 3 aromatic rings. The molecule has 2 fully saturated rings. The highest BCUT2D eigenvalue weighted by Crippen LogP contribution is 2.50. The second kappa shape index (κ2) is 8.12. The average molecular weight is 445 g/mol. The van der Waals surface area contributed by atoms with Crippen LogP contribution in [-0.4, -0.2) is 41.9 Å². The number of fused-ring (bicyclic) bond motifs is 1. The van der Waals surface area contributed by atoms with Crippen LogP contribution < -0.4 is 9.64 Å². The summed E-state index contributed by atoms with van der Waals surface area (Å²) < 4.78 is 53.9. The maximum Gasteiger partial charge on any atom is 0.233 e. The summed E-state index contributed by atoms with van der Waals surface area (Å²) in [4.78, 5) is 21.7. The minimum Gasteiger partial charge on any atom is -0.493 e. The van der Waals surface area contributed by atoms with Crippen LogP contribution in [0.25, 0.3) is 11.0 Å². The van der Waals surface area contributed by atoms with E-state index in [0.717, 1.165) is 23.2 Å². The van der Waals surface area contributed by atoms with E-state index in [1.165, 1.54) is 11.8 Å². The van der Waals surface area contributed by atoms with Crippen LogP contribution in [0.1, 0.15) is 24.9 Å². The van der Waals surface area contributed by atoms with Crippen LogP contribution in [0.2, 0.25) is 0 Å². The van der Waals surface area contributed by atoms with E-state index >= 15 is 8.78 Å². The summed E-state index contributed by atoms with van der Waals surface area (Å²) in [5, 5.41) is 0. The number of nitrogens with one attached hydrogen (secondary N) is 1. The van der Waals surface area contributed by atoms with Gasteiger partial charge in [-0.2, -0.15) is 0 Å². The van der Waals surface area contributed by atoms with Gasteiger partial charge in [0.25, 0.3) is 0 Å². The van der Waals surface area contributed by atoms with Crippen molar-refractivity contribution in [3.05, 3.63) is 53.9 Å². The lowest BCUT2D eigenvalue weighted by atomic mass is 9.72. The fraction of sp³-hybridized carbons (Fsp3) is 0.391. The molecular weight excluding hydrogens is 423 g/mol. The number of alkyl halides is 1. The molecule has 2 aromatic carbocycles. The number of aromatic amines is 1. The second-order valence-electron chi connectivity index (χ2n) is 8.30. The van der Waals surface area contributed by atoms with Crippen molar-refractivity contribution in [2.45, 2.75) is 25.6 Å². The molecule has 0 aliphatic carbocycles. The number of anilines is 1. The zero-order chi connectivity index (χ0) is 22.4. The second-order valence-corrected chi connectivity index (χ2v) is 8.30. The standard InChI is InChI=1S/C23H22F3N3O3/c1-12(24)4-5-32-15-7-16(25)21(17(26)8-15)22-20(13-9-31-10-13)23(30)29(22)14-2-3-18-19(6-14)28-11-27-18/h2-3,6-8,11-13,20,22H,4-5,9-10H2,1H3,(H,27,28). The maximum absolute atomic E-state index is 15.2. The molecule has 1 N–H and O–H groups in total. The Kier molecular flexibility index (Phi) is 5.28. The molecule has 168 valence electrons. The number of carbonyl (C=O) groups is 1. The van der Waals surface area contributed by atoms with Crippen molar-refractivity contribution in [3.8, 4) is 5.75 Å². The number of nitrogens with zero attached hydrogens (tertiary/aromatic N) is 2. The Hall–Kier alpha value is -3.07. The van der Waals surface area contributed by atoms with E-state index in [1.54, 1.807) is 24.5 Å². The Morgan fingerprint density at radius 2 is 2.00 bits per heavy atom. The van der Waals surface area contributed by atoms with Crippen molar-refractivity contribution in [1.29, 1.82) is 0 Å². The Bertz CT molecular complexity index is 1140.